The number of amides is 1. The molecule has 0 aliphatic carbocycles. The molecule has 0 aliphatic rings. The fourth-order valence-corrected chi connectivity index (χ4v) is 2.41. The van der Waals surface area contributed by atoms with Crippen LogP contribution in [0, 0.1) is 0 Å². The van der Waals surface area contributed by atoms with Gasteiger partial charge in [0.05, 0.1) is 11.3 Å². The van der Waals surface area contributed by atoms with E-state index in [9.17, 15) is 18.0 Å². The van der Waals surface area contributed by atoms with Crippen LogP contribution in [-0.4, -0.2) is 37.2 Å². The van der Waals surface area contributed by atoms with Gasteiger partial charge in [0.1, 0.15) is 0 Å². The highest BCUT2D eigenvalue weighted by Gasteiger charge is 2.28. The van der Waals surface area contributed by atoms with E-state index in [1.807, 2.05) is 6.92 Å². The Morgan fingerprint density at radius 3 is 2.48 bits per heavy atom. The van der Waals surface area contributed by atoms with Crippen molar-refractivity contribution in [3.8, 4) is 0 Å². The molecular weight excluding hydrogens is 296 g/mol. The Bertz CT molecular complexity index is 627. The molecule has 0 saturated heterocycles. The van der Waals surface area contributed by atoms with Crippen LogP contribution in [0.25, 0.3) is 0 Å². The molecule has 0 spiro atoms. The number of hydrogen-bond acceptors (Lipinski definition) is 4. The third kappa shape index (κ3) is 4.45. The van der Waals surface area contributed by atoms with Gasteiger partial charge >= 0.3 is 5.97 Å². The van der Waals surface area contributed by atoms with Crippen LogP contribution in [0.15, 0.2) is 24.3 Å². The third-order valence-corrected chi connectivity index (χ3v) is 4.41. The van der Waals surface area contributed by atoms with Crippen molar-refractivity contribution in [3.63, 3.8) is 0 Å². The monoisotopic (exact) mass is 314 g/mol. The first-order valence-electron chi connectivity index (χ1n) is 6.41. The fourth-order valence-electron chi connectivity index (χ4n) is 1.48. The van der Waals surface area contributed by atoms with E-state index in [2.05, 4.69) is 10.0 Å². The number of benzene rings is 1. The van der Waals surface area contributed by atoms with E-state index in [1.54, 1.807) is 12.1 Å². The molecule has 7 nitrogen and oxygen atoms in total. The van der Waals surface area contributed by atoms with Crippen LogP contribution in [0.5, 0.6) is 0 Å². The predicted octanol–water partition coefficient (Wildman–Crippen LogP) is 1.04. The molecule has 0 aliphatic heterocycles. The number of hydrogen-bond donors (Lipinski definition) is 3. The van der Waals surface area contributed by atoms with Gasteiger partial charge in [0.2, 0.25) is 10.0 Å². The molecule has 8 heteroatoms. The zero-order valence-electron chi connectivity index (χ0n) is 11.8. The lowest BCUT2D eigenvalue weighted by molar-refractivity contribution is -0.136. The van der Waals surface area contributed by atoms with Gasteiger partial charge in [-0.25, -0.2) is 8.42 Å². The Kier molecular flexibility index (Phi) is 5.71. The van der Waals surface area contributed by atoms with E-state index < -0.39 is 27.1 Å². The maximum Gasteiger partial charge on any atom is 0.323 e. The number of anilines is 1. The summed E-state index contributed by atoms with van der Waals surface area (Å²) in [5.41, 5.74) is 0.200. The predicted molar refractivity (Wildman–Crippen MR) is 78.7 cm³/mol. The number of para-hydroxylation sites is 1. The van der Waals surface area contributed by atoms with Crippen LogP contribution < -0.4 is 10.0 Å². The van der Waals surface area contributed by atoms with Crippen LogP contribution in [0.3, 0.4) is 0 Å². The quantitative estimate of drug-likeness (QED) is 0.696. The third-order valence-electron chi connectivity index (χ3n) is 2.77. The van der Waals surface area contributed by atoms with Gasteiger partial charge in [0, 0.05) is 6.54 Å². The number of carboxylic acid groups (broad SMARTS) is 1. The summed E-state index contributed by atoms with van der Waals surface area (Å²) in [5, 5.41) is 9.81. The molecule has 1 aromatic carbocycles. The fraction of sp³-hybridized carbons (Fsp3) is 0.385. The number of carboxylic acids is 1. The lowest BCUT2D eigenvalue weighted by Crippen LogP contribution is -2.33. The second kappa shape index (κ2) is 7.07. The number of carbonyl (C=O) groups is 2. The van der Waals surface area contributed by atoms with Crippen molar-refractivity contribution < 1.29 is 23.1 Å². The molecule has 0 aromatic heterocycles. The minimum atomic E-state index is -4.12. The summed E-state index contributed by atoms with van der Waals surface area (Å²) in [6.07, 6.45) is 0.746. The second-order valence-corrected chi connectivity index (χ2v) is 6.43. The van der Waals surface area contributed by atoms with E-state index in [0.717, 1.165) is 13.3 Å². The topological polar surface area (TPSA) is 113 Å². The molecule has 1 aromatic rings. The Morgan fingerprint density at radius 1 is 1.29 bits per heavy atom. The summed E-state index contributed by atoms with van der Waals surface area (Å²) >= 11 is 0. The molecule has 116 valence electrons. The molecule has 21 heavy (non-hydrogen) atoms. The Balaban J connectivity index is 3.04. The van der Waals surface area contributed by atoms with E-state index >= 15 is 0 Å². The standard InChI is InChI=1S/C13H18N2O5S/c1-3-8-14-12(16)10-6-4-5-7-11(10)15-21(19,20)9(2)13(17)18/h4-7,9,15H,3,8H2,1-2H3,(H,14,16)(H,17,18). The summed E-state index contributed by atoms with van der Waals surface area (Å²) in [5.74, 6) is -1.88. The molecule has 1 rings (SSSR count). The Hall–Kier alpha value is -2.09. The molecule has 1 unspecified atom stereocenters. The van der Waals surface area contributed by atoms with Crippen molar-refractivity contribution in [2.24, 2.45) is 0 Å². The number of nitrogens with one attached hydrogen (secondary N) is 2. The first-order chi connectivity index (χ1) is 9.79. The van der Waals surface area contributed by atoms with Crippen molar-refractivity contribution in [2.45, 2.75) is 25.5 Å². The zero-order chi connectivity index (χ0) is 16.0. The minimum Gasteiger partial charge on any atom is -0.480 e. The Labute approximate surface area is 123 Å². The van der Waals surface area contributed by atoms with Gasteiger partial charge in [-0.05, 0) is 25.5 Å². The molecule has 0 heterocycles. The van der Waals surface area contributed by atoms with Gasteiger partial charge in [-0.2, -0.15) is 0 Å². The van der Waals surface area contributed by atoms with E-state index in [1.165, 1.54) is 12.1 Å². The summed E-state index contributed by atoms with van der Waals surface area (Å²) in [6.45, 7) is 3.42. The number of rotatable bonds is 7. The highest BCUT2D eigenvalue weighted by atomic mass is 32.2. The summed E-state index contributed by atoms with van der Waals surface area (Å²) in [7, 11) is -4.12. The minimum absolute atomic E-state index is 0.0548. The van der Waals surface area contributed by atoms with Crippen molar-refractivity contribution in [3.05, 3.63) is 29.8 Å². The van der Waals surface area contributed by atoms with Gasteiger partial charge < -0.3 is 10.4 Å². The molecule has 0 radical (unpaired) electrons. The van der Waals surface area contributed by atoms with Gasteiger partial charge in [0.15, 0.2) is 5.25 Å². The van der Waals surface area contributed by atoms with E-state index in [-0.39, 0.29) is 11.3 Å². The van der Waals surface area contributed by atoms with Gasteiger partial charge in [-0.15, -0.1) is 0 Å². The van der Waals surface area contributed by atoms with Gasteiger partial charge in [-0.1, -0.05) is 19.1 Å². The number of aliphatic carboxylic acids is 1. The lowest BCUT2D eigenvalue weighted by atomic mass is 10.1. The summed E-state index contributed by atoms with van der Waals surface area (Å²) in [6, 6.07) is 6.03. The normalized spacial score (nSPS) is 12.5. The first kappa shape index (κ1) is 17.0. The average molecular weight is 314 g/mol. The molecule has 0 bridgehead atoms. The van der Waals surface area contributed by atoms with Gasteiger partial charge in [-0.3, -0.25) is 14.3 Å². The smallest absolute Gasteiger partial charge is 0.323 e. The molecule has 0 fully saturated rings. The maximum atomic E-state index is 12.0. The van der Waals surface area contributed by atoms with Gasteiger partial charge in [0.25, 0.3) is 5.91 Å². The molecular formula is C13H18N2O5S. The highest BCUT2D eigenvalue weighted by Crippen LogP contribution is 2.18. The van der Waals surface area contributed by atoms with Crippen LogP contribution in [0.1, 0.15) is 30.6 Å². The molecule has 1 atom stereocenters. The van der Waals surface area contributed by atoms with Crippen molar-refractivity contribution >= 4 is 27.6 Å². The molecule has 1 amide bonds. The SMILES string of the molecule is CCCNC(=O)c1ccccc1NS(=O)(=O)C(C)C(=O)O. The molecule has 3 N–H and O–H groups in total. The van der Waals surface area contributed by atoms with Crippen molar-refractivity contribution in [2.75, 3.05) is 11.3 Å². The summed E-state index contributed by atoms with van der Waals surface area (Å²) < 4.78 is 26.0. The maximum absolute atomic E-state index is 12.0. The largest absolute Gasteiger partial charge is 0.480 e. The number of sulfonamides is 1. The second-order valence-electron chi connectivity index (χ2n) is 4.43. The van der Waals surface area contributed by atoms with Crippen LogP contribution in [0.4, 0.5) is 5.69 Å². The Morgan fingerprint density at radius 2 is 1.90 bits per heavy atom. The lowest BCUT2D eigenvalue weighted by Gasteiger charge is -2.14. The highest BCUT2D eigenvalue weighted by molar-refractivity contribution is 7.94. The van der Waals surface area contributed by atoms with E-state index in [0.29, 0.717) is 6.54 Å². The van der Waals surface area contributed by atoms with Crippen LogP contribution >= 0.6 is 0 Å². The first-order valence-corrected chi connectivity index (χ1v) is 7.96. The summed E-state index contributed by atoms with van der Waals surface area (Å²) in [4.78, 5) is 22.7. The zero-order valence-corrected chi connectivity index (χ0v) is 12.6. The van der Waals surface area contributed by atoms with E-state index in [4.69, 9.17) is 5.11 Å². The van der Waals surface area contributed by atoms with Crippen molar-refractivity contribution in [1.29, 1.82) is 0 Å². The number of carbonyl (C=O) groups excluding carboxylic acids is 1. The van der Waals surface area contributed by atoms with Crippen LogP contribution in [0.2, 0.25) is 0 Å². The average Bonchev–Trinajstić information content (AvgIpc) is 2.43. The molecule has 0 saturated carbocycles. The van der Waals surface area contributed by atoms with Crippen LogP contribution in [-0.2, 0) is 14.8 Å². The van der Waals surface area contributed by atoms with Crippen molar-refractivity contribution in [1.82, 2.24) is 5.32 Å².